The zero-order chi connectivity index (χ0) is 11.4. The van der Waals surface area contributed by atoms with E-state index in [9.17, 15) is 5.11 Å². The van der Waals surface area contributed by atoms with Crippen molar-refractivity contribution in [1.82, 2.24) is 0 Å². The minimum Gasteiger partial charge on any atom is -0.388 e. The molecule has 0 saturated carbocycles. The van der Waals surface area contributed by atoms with Crippen LogP contribution in [0.1, 0.15) is 34.6 Å². The predicted molar refractivity (Wildman–Crippen MR) is 57.6 cm³/mol. The molecule has 0 aromatic rings. The van der Waals surface area contributed by atoms with Gasteiger partial charge in [-0.2, -0.15) is 0 Å². The van der Waals surface area contributed by atoms with Crippen molar-refractivity contribution in [2.24, 2.45) is 11.3 Å². The van der Waals surface area contributed by atoms with Crippen LogP contribution in [0.15, 0.2) is 0 Å². The van der Waals surface area contributed by atoms with Gasteiger partial charge in [0, 0.05) is 0 Å². The first-order valence-corrected chi connectivity index (χ1v) is 5.76. The molecular weight excluding hydrogens is 192 g/mol. The van der Waals surface area contributed by atoms with Crippen LogP contribution in [0.2, 0.25) is 0 Å². The maximum atomic E-state index is 10.2. The Morgan fingerprint density at radius 2 is 1.93 bits per heavy atom. The Hall–Kier alpha value is -0.120. The van der Waals surface area contributed by atoms with Gasteiger partial charge in [-0.3, -0.25) is 0 Å². The summed E-state index contributed by atoms with van der Waals surface area (Å²) in [5.74, 6) is 0.387. The molecule has 0 aromatic carbocycles. The summed E-state index contributed by atoms with van der Waals surface area (Å²) in [7, 11) is 0. The van der Waals surface area contributed by atoms with Gasteiger partial charge in [-0.15, -0.1) is 0 Å². The summed E-state index contributed by atoms with van der Waals surface area (Å²) >= 11 is 0. The lowest BCUT2D eigenvalue weighted by atomic mass is 9.78. The van der Waals surface area contributed by atoms with E-state index >= 15 is 0 Å². The highest BCUT2D eigenvalue weighted by Crippen LogP contribution is 2.49. The highest BCUT2D eigenvalue weighted by Gasteiger charge is 2.65. The predicted octanol–water partition coefficient (Wildman–Crippen LogP) is 1.59. The average Bonchev–Trinajstić information content (AvgIpc) is 2.18. The van der Waals surface area contributed by atoms with Crippen molar-refractivity contribution in [3.63, 3.8) is 0 Å². The third kappa shape index (κ3) is 1.44. The molecule has 0 amide bonds. The van der Waals surface area contributed by atoms with Crippen molar-refractivity contribution in [3.05, 3.63) is 0 Å². The van der Waals surface area contributed by atoms with Gasteiger partial charge in [0.15, 0.2) is 0 Å². The van der Waals surface area contributed by atoms with Gasteiger partial charge in [0.05, 0.1) is 12.7 Å². The summed E-state index contributed by atoms with van der Waals surface area (Å²) in [5, 5.41) is 10.2. The lowest BCUT2D eigenvalue weighted by Gasteiger charge is -2.46. The zero-order valence-corrected chi connectivity index (χ0v) is 10.3. The minimum absolute atomic E-state index is 0.0397. The first kappa shape index (κ1) is 11.4. The molecule has 4 atom stereocenters. The number of fused-ring (bicyclic) bond motifs is 1. The Morgan fingerprint density at radius 3 is 2.20 bits per heavy atom. The van der Waals surface area contributed by atoms with Crippen LogP contribution in [0, 0.1) is 11.3 Å². The van der Waals surface area contributed by atoms with Crippen LogP contribution in [0.4, 0.5) is 0 Å². The molecule has 0 aliphatic carbocycles. The van der Waals surface area contributed by atoms with Gasteiger partial charge in [0.1, 0.15) is 17.8 Å². The van der Waals surface area contributed by atoms with Crippen molar-refractivity contribution in [2.45, 2.75) is 58.5 Å². The van der Waals surface area contributed by atoms with E-state index in [0.29, 0.717) is 12.5 Å². The molecule has 4 unspecified atom stereocenters. The van der Waals surface area contributed by atoms with Crippen LogP contribution in [-0.4, -0.2) is 35.6 Å². The van der Waals surface area contributed by atoms with Crippen molar-refractivity contribution >= 4 is 0 Å². The highest BCUT2D eigenvalue weighted by atomic mass is 16.6. The summed E-state index contributed by atoms with van der Waals surface area (Å²) in [5.41, 5.74) is -0.278. The van der Waals surface area contributed by atoms with E-state index < -0.39 is 6.10 Å². The normalized spacial score (nSPS) is 45.4. The molecule has 2 fully saturated rings. The number of aliphatic hydroxyl groups is 1. The van der Waals surface area contributed by atoms with Crippen LogP contribution >= 0.6 is 0 Å². The summed E-state index contributed by atoms with van der Waals surface area (Å²) in [6.45, 7) is 11.2. The molecule has 3 heteroatoms. The van der Waals surface area contributed by atoms with Gasteiger partial charge < -0.3 is 14.6 Å². The zero-order valence-electron chi connectivity index (χ0n) is 10.3. The van der Waals surface area contributed by atoms with Crippen molar-refractivity contribution in [3.8, 4) is 0 Å². The first-order valence-electron chi connectivity index (χ1n) is 5.76. The molecule has 2 saturated heterocycles. The van der Waals surface area contributed by atoms with Gasteiger partial charge >= 0.3 is 0 Å². The monoisotopic (exact) mass is 214 g/mol. The van der Waals surface area contributed by atoms with Crippen LogP contribution in [0.25, 0.3) is 0 Å². The second-order valence-corrected chi connectivity index (χ2v) is 6.24. The Bertz CT molecular complexity index is 256. The lowest BCUT2D eigenvalue weighted by molar-refractivity contribution is -0.252. The smallest absolute Gasteiger partial charge is 0.123 e. The fourth-order valence-electron chi connectivity index (χ4n) is 2.62. The van der Waals surface area contributed by atoms with Gasteiger partial charge in [0.25, 0.3) is 0 Å². The average molecular weight is 214 g/mol. The molecule has 2 aliphatic heterocycles. The molecule has 0 bridgehead atoms. The molecule has 1 N–H and O–H groups in total. The number of hydrogen-bond donors (Lipinski definition) is 1. The summed E-state index contributed by atoms with van der Waals surface area (Å²) in [6.07, 6.45) is -0.727. The molecule has 2 aliphatic rings. The molecule has 2 heterocycles. The summed E-state index contributed by atoms with van der Waals surface area (Å²) in [6, 6.07) is 0. The van der Waals surface area contributed by atoms with Crippen LogP contribution in [0.3, 0.4) is 0 Å². The quantitative estimate of drug-likeness (QED) is 0.720. The molecule has 0 aromatic heterocycles. The van der Waals surface area contributed by atoms with E-state index in [1.165, 1.54) is 0 Å². The molecule has 88 valence electrons. The van der Waals surface area contributed by atoms with Crippen LogP contribution in [0.5, 0.6) is 0 Å². The molecule has 15 heavy (non-hydrogen) atoms. The third-order valence-corrected chi connectivity index (χ3v) is 3.77. The Balaban J connectivity index is 2.22. The molecule has 0 spiro atoms. The SMILES string of the molecule is CC(C)C12COC1C(O)C(C(C)(C)C)O2. The number of rotatable bonds is 1. The second-order valence-electron chi connectivity index (χ2n) is 6.24. The highest BCUT2D eigenvalue weighted by molar-refractivity contribution is 5.12. The molecule has 2 rings (SSSR count). The summed E-state index contributed by atoms with van der Waals surface area (Å²) in [4.78, 5) is 0. The van der Waals surface area contributed by atoms with E-state index in [0.717, 1.165) is 0 Å². The molecule has 3 nitrogen and oxygen atoms in total. The fraction of sp³-hybridized carbons (Fsp3) is 1.00. The second kappa shape index (κ2) is 3.19. The van der Waals surface area contributed by atoms with Crippen molar-refractivity contribution in [1.29, 1.82) is 0 Å². The van der Waals surface area contributed by atoms with Crippen LogP contribution in [-0.2, 0) is 9.47 Å². The van der Waals surface area contributed by atoms with E-state index in [1.54, 1.807) is 0 Å². The van der Waals surface area contributed by atoms with E-state index in [4.69, 9.17) is 9.47 Å². The maximum Gasteiger partial charge on any atom is 0.123 e. The Labute approximate surface area is 91.8 Å². The Morgan fingerprint density at radius 1 is 1.33 bits per heavy atom. The maximum absolute atomic E-state index is 10.2. The number of aliphatic hydroxyl groups excluding tert-OH is 1. The van der Waals surface area contributed by atoms with E-state index in [-0.39, 0.29) is 23.2 Å². The van der Waals surface area contributed by atoms with Gasteiger partial charge in [0.2, 0.25) is 0 Å². The molecular formula is C12H22O3. The summed E-state index contributed by atoms with van der Waals surface area (Å²) < 4.78 is 11.6. The first-order chi connectivity index (χ1) is 6.79. The third-order valence-electron chi connectivity index (χ3n) is 3.77. The minimum atomic E-state index is -0.485. The fourth-order valence-corrected chi connectivity index (χ4v) is 2.62. The van der Waals surface area contributed by atoms with Gasteiger partial charge in [-0.05, 0) is 11.3 Å². The molecule has 0 radical (unpaired) electrons. The van der Waals surface area contributed by atoms with Gasteiger partial charge in [-0.25, -0.2) is 0 Å². The van der Waals surface area contributed by atoms with Crippen LogP contribution < -0.4 is 0 Å². The topological polar surface area (TPSA) is 38.7 Å². The van der Waals surface area contributed by atoms with Gasteiger partial charge in [-0.1, -0.05) is 34.6 Å². The number of hydrogen-bond acceptors (Lipinski definition) is 3. The standard InChI is InChI=1S/C12H22O3/c1-7(2)12-6-14-10(12)8(13)9(15-12)11(3,4)5/h7-10,13H,6H2,1-5H3. The van der Waals surface area contributed by atoms with E-state index in [2.05, 4.69) is 34.6 Å². The lowest BCUT2D eigenvalue weighted by Crippen LogP contribution is -2.61. The number of ether oxygens (including phenoxy) is 2. The van der Waals surface area contributed by atoms with Crippen molar-refractivity contribution in [2.75, 3.05) is 6.61 Å². The van der Waals surface area contributed by atoms with E-state index in [1.807, 2.05) is 0 Å². The van der Waals surface area contributed by atoms with Crippen molar-refractivity contribution < 1.29 is 14.6 Å². The Kier molecular flexibility index (Phi) is 2.42. The largest absolute Gasteiger partial charge is 0.388 e.